The smallest absolute Gasteiger partial charge is 0.262 e. The molecule has 0 heterocycles. The molecule has 104 valence electrons. The van der Waals surface area contributed by atoms with Gasteiger partial charge in [0.05, 0.1) is 11.5 Å². The Bertz CT molecular complexity index is 686. The predicted octanol–water partition coefficient (Wildman–Crippen LogP) is 3.41. The monoisotopic (exact) mass is 288 g/mol. The lowest BCUT2D eigenvalue weighted by atomic mass is 10.1. The van der Waals surface area contributed by atoms with Crippen LogP contribution in [0, 0.1) is 6.92 Å². The van der Waals surface area contributed by atoms with Crippen LogP contribution in [0.1, 0.15) is 11.1 Å². The Morgan fingerprint density at radius 1 is 1.05 bits per heavy atom. The van der Waals surface area contributed by atoms with Gasteiger partial charge in [-0.25, -0.2) is 0 Å². The number of benzene rings is 2. The van der Waals surface area contributed by atoms with Crippen LogP contribution in [0.3, 0.4) is 0 Å². The third-order valence-corrected chi connectivity index (χ3v) is 4.16. The van der Waals surface area contributed by atoms with Crippen LogP contribution in [0.15, 0.2) is 66.1 Å². The van der Waals surface area contributed by atoms with E-state index >= 15 is 0 Å². The molecule has 0 aromatic heterocycles. The van der Waals surface area contributed by atoms with E-state index in [1.807, 2.05) is 37.3 Å². The van der Waals surface area contributed by atoms with E-state index in [0.29, 0.717) is 5.57 Å². The predicted molar refractivity (Wildman–Crippen MR) is 79.8 cm³/mol. The highest BCUT2D eigenvalue weighted by molar-refractivity contribution is 7.86. The minimum absolute atomic E-state index is 0.0553. The molecule has 0 aliphatic carbocycles. The van der Waals surface area contributed by atoms with Gasteiger partial charge in [0.1, 0.15) is 0 Å². The average Bonchev–Trinajstić information content (AvgIpc) is 2.46. The Morgan fingerprint density at radius 2 is 1.65 bits per heavy atom. The van der Waals surface area contributed by atoms with Crippen molar-refractivity contribution in [1.82, 2.24) is 0 Å². The third-order valence-electron chi connectivity index (χ3n) is 2.88. The quantitative estimate of drug-likeness (QED) is 0.792. The topological polar surface area (TPSA) is 43.4 Å². The van der Waals surface area contributed by atoms with Crippen molar-refractivity contribution in [3.8, 4) is 0 Å². The van der Waals surface area contributed by atoms with Crippen molar-refractivity contribution >= 4 is 15.7 Å². The molecule has 3 nitrogen and oxygen atoms in total. The molecule has 0 amide bonds. The second-order valence-electron chi connectivity index (χ2n) is 4.50. The van der Waals surface area contributed by atoms with E-state index < -0.39 is 10.1 Å². The Balaban J connectivity index is 2.06. The largest absolute Gasteiger partial charge is 0.297 e. The lowest BCUT2D eigenvalue weighted by Gasteiger charge is -2.08. The van der Waals surface area contributed by atoms with E-state index in [0.717, 1.165) is 11.1 Å². The van der Waals surface area contributed by atoms with Gasteiger partial charge in [0.25, 0.3) is 10.1 Å². The number of aryl methyl sites for hydroxylation is 1. The summed E-state index contributed by atoms with van der Waals surface area (Å²) in [4.78, 5) is 0.156. The van der Waals surface area contributed by atoms with Gasteiger partial charge in [-0.15, -0.1) is 0 Å². The molecule has 0 saturated carbocycles. The van der Waals surface area contributed by atoms with E-state index in [1.165, 1.54) is 12.1 Å². The van der Waals surface area contributed by atoms with Gasteiger partial charge < -0.3 is 0 Å². The van der Waals surface area contributed by atoms with E-state index in [2.05, 4.69) is 6.58 Å². The Labute approximate surface area is 119 Å². The molecule has 2 aromatic carbocycles. The van der Waals surface area contributed by atoms with Crippen LogP contribution in [0.2, 0.25) is 0 Å². The van der Waals surface area contributed by atoms with Crippen LogP contribution in [0.25, 0.3) is 5.57 Å². The van der Waals surface area contributed by atoms with E-state index in [1.54, 1.807) is 12.1 Å². The lowest BCUT2D eigenvalue weighted by Crippen LogP contribution is -2.08. The molecule has 4 heteroatoms. The van der Waals surface area contributed by atoms with Gasteiger partial charge in [0.15, 0.2) is 0 Å². The fraction of sp³-hybridized carbons (Fsp3) is 0.125. The lowest BCUT2D eigenvalue weighted by molar-refractivity contribution is 0.363. The first-order valence-corrected chi connectivity index (χ1v) is 7.59. The first-order chi connectivity index (χ1) is 9.49. The van der Waals surface area contributed by atoms with Crippen molar-refractivity contribution in [3.05, 3.63) is 72.3 Å². The summed E-state index contributed by atoms with van der Waals surface area (Å²) >= 11 is 0. The fourth-order valence-electron chi connectivity index (χ4n) is 1.68. The average molecular weight is 288 g/mol. The van der Waals surface area contributed by atoms with Crippen LogP contribution in [-0.2, 0) is 14.3 Å². The second kappa shape index (κ2) is 6.03. The van der Waals surface area contributed by atoms with Gasteiger partial charge >= 0.3 is 0 Å². The summed E-state index contributed by atoms with van der Waals surface area (Å²) in [6.07, 6.45) is 0. The summed E-state index contributed by atoms with van der Waals surface area (Å²) in [7, 11) is -3.74. The number of hydrogen-bond donors (Lipinski definition) is 0. The molecule has 20 heavy (non-hydrogen) atoms. The van der Waals surface area contributed by atoms with Crippen LogP contribution < -0.4 is 0 Å². The molecule has 2 aromatic rings. The first kappa shape index (κ1) is 14.5. The summed E-state index contributed by atoms with van der Waals surface area (Å²) in [5.74, 6) is 0. The summed E-state index contributed by atoms with van der Waals surface area (Å²) < 4.78 is 29.1. The molecular formula is C16H16O3S. The van der Waals surface area contributed by atoms with Crippen molar-refractivity contribution in [2.45, 2.75) is 11.8 Å². The van der Waals surface area contributed by atoms with Crippen molar-refractivity contribution in [2.75, 3.05) is 6.61 Å². The minimum atomic E-state index is -3.74. The highest BCUT2D eigenvalue weighted by Gasteiger charge is 2.15. The first-order valence-electron chi connectivity index (χ1n) is 6.18. The zero-order valence-electron chi connectivity index (χ0n) is 11.2. The molecular weight excluding hydrogens is 272 g/mol. The molecule has 0 fully saturated rings. The van der Waals surface area contributed by atoms with Crippen molar-refractivity contribution in [1.29, 1.82) is 0 Å². The van der Waals surface area contributed by atoms with Crippen molar-refractivity contribution in [2.24, 2.45) is 0 Å². The molecule has 0 aliphatic heterocycles. The van der Waals surface area contributed by atoms with Crippen molar-refractivity contribution < 1.29 is 12.6 Å². The van der Waals surface area contributed by atoms with Gasteiger partial charge in [-0.3, -0.25) is 4.18 Å². The zero-order chi connectivity index (χ0) is 14.6. The maximum Gasteiger partial charge on any atom is 0.297 e. The molecule has 2 rings (SSSR count). The van der Waals surface area contributed by atoms with Gasteiger partial charge in [-0.1, -0.05) is 54.6 Å². The summed E-state index contributed by atoms with van der Waals surface area (Å²) in [5, 5.41) is 0. The molecule has 0 unspecified atom stereocenters. The van der Waals surface area contributed by atoms with Gasteiger partial charge in [0.2, 0.25) is 0 Å². The van der Waals surface area contributed by atoms with Gasteiger partial charge in [0, 0.05) is 0 Å². The highest BCUT2D eigenvalue weighted by atomic mass is 32.2. The maximum absolute atomic E-state index is 12.0. The van der Waals surface area contributed by atoms with Crippen LogP contribution in [0.5, 0.6) is 0 Å². The Hall–Kier alpha value is -1.91. The van der Waals surface area contributed by atoms with Crippen LogP contribution >= 0.6 is 0 Å². The maximum atomic E-state index is 12.0. The third kappa shape index (κ3) is 3.56. The number of rotatable bonds is 5. The van der Waals surface area contributed by atoms with Gasteiger partial charge in [-0.05, 0) is 30.2 Å². The van der Waals surface area contributed by atoms with Gasteiger partial charge in [-0.2, -0.15) is 8.42 Å². The minimum Gasteiger partial charge on any atom is -0.262 e. The fourth-order valence-corrected chi connectivity index (χ4v) is 2.58. The Morgan fingerprint density at radius 3 is 2.25 bits per heavy atom. The number of hydrogen-bond acceptors (Lipinski definition) is 3. The van der Waals surface area contributed by atoms with E-state index in [4.69, 9.17) is 4.18 Å². The van der Waals surface area contributed by atoms with Crippen LogP contribution in [-0.4, -0.2) is 15.0 Å². The molecule has 0 spiro atoms. The molecule has 0 saturated heterocycles. The second-order valence-corrected chi connectivity index (χ2v) is 6.11. The molecule has 0 atom stereocenters. The highest BCUT2D eigenvalue weighted by Crippen LogP contribution is 2.17. The summed E-state index contributed by atoms with van der Waals surface area (Å²) in [5.41, 5.74) is 2.49. The van der Waals surface area contributed by atoms with Crippen LogP contribution in [0.4, 0.5) is 0 Å². The molecule has 0 radical (unpaired) electrons. The van der Waals surface area contributed by atoms with E-state index in [-0.39, 0.29) is 11.5 Å². The van der Waals surface area contributed by atoms with E-state index in [9.17, 15) is 8.42 Å². The van der Waals surface area contributed by atoms with Crippen molar-refractivity contribution in [3.63, 3.8) is 0 Å². The standard InChI is InChI=1S/C16H16O3S/c1-13-8-10-16(11-9-13)20(17,18)19-12-14(2)15-6-4-3-5-7-15/h3-11H,2,12H2,1H3. The normalized spacial score (nSPS) is 11.2. The molecule has 0 N–H and O–H groups in total. The Kier molecular flexibility index (Phi) is 4.37. The summed E-state index contributed by atoms with van der Waals surface area (Å²) in [6, 6.07) is 15.9. The molecule has 0 bridgehead atoms. The summed E-state index contributed by atoms with van der Waals surface area (Å²) in [6.45, 7) is 5.69. The zero-order valence-corrected chi connectivity index (χ0v) is 12.1. The SMILES string of the molecule is C=C(COS(=O)(=O)c1ccc(C)cc1)c1ccccc1. The molecule has 0 aliphatic rings.